The van der Waals surface area contributed by atoms with E-state index < -0.39 is 29.6 Å². The summed E-state index contributed by atoms with van der Waals surface area (Å²) in [6.07, 6.45) is 2.53. The van der Waals surface area contributed by atoms with Crippen molar-refractivity contribution < 1.29 is 38.1 Å². The first kappa shape index (κ1) is 20.6. The van der Waals surface area contributed by atoms with Gasteiger partial charge < -0.3 is 18.9 Å². The van der Waals surface area contributed by atoms with E-state index in [2.05, 4.69) is 0 Å². The van der Waals surface area contributed by atoms with Crippen LogP contribution < -0.4 is 0 Å². The normalized spacial score (nSPS) is 31.0. The van der Waals surface area contributed by atoms with Crippen molar-refractivity contribution in [2.75, 3.05) is 13.2 Å². The molecule has 2 aliphatic heterocycles. The quantitative estimate of drug-likeness (QED) is 0.290. The molecule has 5 atom stereocenters. The molecule has 4 bridgehead atoms. The number of rotatable bonds is 6. The molecule has 5 unspecified atom stereocenters. The number of ether oxygens (including phenoxy) is 4. The SMILES string of the molecule is CCC(C)(C)C(=O)OCCOC(=O)C(=O)OC1C2CC3CC(C2)C(=O)OC1C3. The molecule has 28 heavy (non-hydrogen) atoms. The summed E-state index contributed by atoms with van der Waals surface area (Å²) in [4.78, 5) is 47.9. The molecule has 8 nitrogen and oxygen atoms in total. The van der Waals surface area contributed by atoms with E-state index >= 15 is 0 Å². The molecule has 0 spiro atoms. The molecule has 4 aliphatic rings. The average Bonchev–Trinajstić information content (AvgIpc) is 2.82. The van der Waals surface area contributed by atoms with E-state index in [1.165, 1.54) is 0 Å². The van der Waals surface area contributed by atoms with Crippen LogP contribution in [0, 0.1) is 23.2 Å². The molecule has 2 heterocycles. The summed E-state index contributed by atoms with van der Waals surface area (Å²) in [5.41, 5.74) is -0.613. The van der Waals surface area contributed by atoms with Crippen LogP contribution in [0.5, 0.6) is 0 Å². The predicted molar refractivity (Wildman–Crippen MR) is 94.7 cm³/mol. The molecule has 0 aromatic heterocycles. The maximum atomic E-state index is 12.1. The number of fused-ring (bicyclic) bond motifs is 1. The molecule has 0 N–H and O–H groups in total. The largest absolute Gasteiger partial charge is 0.462 e. The lowest BCUT2D eigenvalue weighted by atomic mass is 9.67. The van der Waals surface area contributed by atoms with E-state index in [1.807, 2.05) is 6.92 Å². The fraction of sp³-hybridized carbons (Fsp3) is 0.800. The average molecular weight is 396 g/mol. The molecule has 0 aromatic carbocycles. The van der Waals surface area contributed by atoms with Gasteiger partial charge in [-0.2, -0.15) is 0 Å². The Labute approximate surface area is 164 Å². The van der Waals surface area contributed by atoms with Crippen molar-refractivity contribution in [3.63, 3.8) is 0 Å². The minimum Gasteiger partial charge on any atom is -0.462 e. The van der Waals surface area contributed by atoms with Gasteiger partial charge in [-0.25, -0.2) is 9.59 Å². The van der Waals surface area contributed by atoms with Crippen molar-refractivity contribution in [2.24, 2.45) is 23.2 Å². The van der Waals surface area contributed by atoms with Crippen molar-refractivity contribution in [1.82, 2.24) is 0 Å². The van der Waals surface area contributed by atoms with E-state index in [0.717, 1.165) is 12.8 Å². The third-order valence-electron chi connectivity index (χ3n) is 6.23. The van der Waals surface area contributed by atoms with Crippen molar-refractivity contribution >= 4 is 23.9 Å². The van der Waals surface area contributed by atoms with E-state index in [9.17, 15) is 19.2 Å². The van der Waals surface area contributed by atoms with Crippen LogP contribution in [0.1, 0.15) is 52.9 Å². The number of esters is 4. The first-order chi connectivity index (χ1) is 13.2. The second-order valence-electron chi connectivity index (χ2n) is 8.62. The van der Waals surface area contributed by atoms with Gasteiger partial charge in [0.25, 0.3) is 0 Å². The summed E-state index contributed by atoms with van der Waals surface area (Å²) < 4.78 is 20.7. The van der Waals surface area contributed by atoms with Crippen molar-refractivity contribution in [2.45, 2.75) is 65.1 Å². The van der Waals surface area contributed by atoms with Gasteiger partial charge >= 0.3 is 23.9 Å². The van der Waals surface area contributed by atoms with Gasteiger partial charge in [0, 0.05) is 5.92 Å². The number of carbonyl (C=O) groups excluding carboxylic acids is 4. The molecule has 4 fully saturated rings. The van der Waals surface area contributed by atoms with Gasteiger partial charge in [0.2, 0.25) is 0 Å². The molecule has 4 rings (SSSR count). The molecule has 2 aliphatic carbocycles. The summed E-state index contributed by atoms with van der Waals surface area (Å²) in [6.45, 7) is 5.05. The molecule has 8 heteroatoms. The van der Waals surface area contributed by atoms with Gasteiger partial charge in [0.15, 0.2) is 0 Å². The van der Waals surface area contributed by atoms with E-state index in [4.69, 9.17) is 18.9 Å². The van der Waals surface area contributed by atoms with Crippen LogP contribution in [0.25, 0.3) is 0 Å². The third-order valence-corrected chi connectivity index (χ3v) is 6.23. The smallest absolute Gasteiger partial charge is 0.417 e. The number of carbonyl (C=O) groups is 4. The minimum atomic E-state index is -1.13. The summed E-state index contributed by atoms with van der Waals surface area (Å²) in [7, 11) is 0. The Morgan fingerprint density at radius 2 is 1.75 bits per heavy atom. The van der Waals surface area contributed by atoms with E-state index in [-0.39, 0.29) is 37.0 Å². The van der Waals surface area contributed by atoms with Gasteiger partial charge in [-0.1, -0.05) is 6.92 Å². The Morgan fingerprint density at radius 1 is 1.04 bits per heavy atom. The van der Waals surface area contributed by atoms with Crippen LogP contribution in [0.4, 0.5) is 0 Å². The molecule has 0 aromatic rings. The number of hydrogen-bond donors (Lipinski definition) is 0. The molecule has 2 saturated carbocycles. The predicted octanol–water partition coefficient (Wildman–Crippen LogP) is 1.78. The monoisotopic (exact) mass is 396 g/mol. The van der Waals surface area contributed by atoms with E-state index in [1.54, 1.807) is 13.8 Å². The Hall–Kier alpha value is -2.12. The highest BCUT2D eigenvalue weighted by Crippen LogP contribution is 2.48. The Bertz CT molecular complexity index is 655. The van der Waals surface area contributed by atoms with Gasteiger partial charge in [0.1, 0.15) is 25.4 Å². The van der Waals surface area contributed by atoms with Crippen LogP contribution in [0.2, 0.25) is 0 Å². The van der Waals surface area contributed by atoms with Crippen LogP contribution in [-0.2, 0) is 38.1 Å². The van der Waals surface area contributed by atoms with Crippen molar-refractivity contribution in [3.8, 4) is 0 Å². The molecule has 156 valence electrons. The van der Waals surface area contributed by atoms with Gasteiger partial charge in [-0.15, -0.1) is 0 Å². The Morgan fingerprint density at radius 3 is 2.46 bits per heavy atom. The highest BCUT2D eigenvalue weighted by atomic mass is 16.6. The zero-order chi connectivity index (χ0) is 20.5. The van der Waals surface area contributed by atoms with Crippen LogP contribution in [-0.4, -0.2) is 49.3 Å². The summed E-state index contributed by atoms with van der Waals surface area (Å²) in [5.74, 6) is -2.55. The maximum absolute atomic E-state index is 12.1. The van der Waals surface area contributed by atoms with Crippen LogP contribution in [0.15, 0.2) is 0 Å². The Kier molecular flexibility index (Phi) is 5.95. The topological polar surface area (TPSA) is 105 Å². The molecular weight excluding hydrogens is 368 g/mol. The lowest BCUT2D eigenvalue weighted by Crippen LogP contribution is -2.46. The van der Waals surface area contributed by atoms with E-state index in [0.29, 0.717) is 25.2 Å². The summed E-state index contributed by atoms with van der Waals surface area (Å²) in [6, 6.07) is 0. The molecular formula is C20H28O8. The first-order valence-electron chi connectivity index (χ1n) is 9.96. The highest BCUT2D eigenvalue weighted by molar-refractivity contribution is 6.29. The molecule has 0 radical (unpaired) electrons. The summed E-state index contributed by atoms with van der Waals surface area (Å²) in [5, 5.41) is 0. The fourth-order valence-electron chi connectivity index (χ4n) is 4.28. The minimum absolute atomic E-state index is 0.0305. The Balaban J connectivity index is 1.45. The number of hydrogen-bond acceptors (Lipinski definition) is 8. The standard InChI is InChI=1S/C20H28O8/c1-4-20(2,3)19(24)26-6-5-25-17(22)18(23)28-15-12-7-11-8-13(10-12)16(21)27-14(15)9-11/h11-15H,4-10H2,1-3H3. The van der Waals surface area contributed by atoms with Gasteiger partial charge in [0.05, 0.1) is 11.3 Å². The van der Waals surface area contributed by atoms with Crippen molar-refractivity contribution in [3.05, 3.63) is 0 Å². The van der Waals surface area contributed by atoms with Crippen LogP contribution in [0.3, 0.4) is 0 Å². The van der Waals surface area contributed by atoms with Crippen LogP contribution >= 0.6 is 0 Å². The summed E-state index contributed by atoms with van der Waals surface area (Å²) >= 11 is 0. The second-order valence-corrected chi connectivity index (χ2v) is 8.62. The second kappa shape index (κ2) is 8.09. The van der Waals surface area contributed by atoms with Gasteiger partial charge in [-0.05, 0) is 51.9 Å². The lowest BCUT2D eigenvalue weighted by Gasteiger charge is -2.41. The first-order valence-corrected chi connectivity index (χ1v) is 9.96. The van der Waals surface area contributed by atoms with Gasteiger partial charge in [-0.3, -0.25) is 9.59 Å². The fourth-order valence-corrected chi connectivity index (χ4v) is 4.28. The third kappa shape index (κ3) is 4.31. The highest BCUT2D eigenvalue weighted by Gasteiger charge is 2.52. The molecule has 0 amide bonds. The zero-order valence-corrected chi connectivity index (χ0v) is 16.6. The molecule has 2 saturated heterocycles. The lowest BCUT2D eigenvalue weighted by molar-refractivity contribution is -0.184. The zero-order valence-electron chi connectivity index (χ0n) is 16.6. The maximum Gasteiger partial charge on any atom is 0.417 e. The van der Waals surface area contributed by atoms with Crippen molar-refractivity contribution in [1.29, 1.82) is 0 Å².